The minimum Gasteiger partial charge on any atom is -0.344 e. The number of ketones is 1. The van der Waals surface area contributed by atoms with Crippen LogP contribution in [0, 0.1) is 5.92 Å². The topological polar surface area (TPSA) is 117 Å². The van der Waals surface area contributed by atoms with Crippen molar-refractivity contribution in [1.29, 1.82) is 0 Å². The molecule has 3 amide bonds. The van der Waals surface area contributed by atoms with Gasteiger partial charge in [0.2, 0.25) is 11.8 Å². The molecule has 2 atom stereocenters. The standard InChI is InChI=1S/C37H48N6O4/c1-3-34(45)39-31(37(47)43-23-21-42(22-24-43)26-29-9-5-4-6-10-29)25-28-15-13-27(14-16-28)17-18-33(44)35(30-11-7-8-12-30)40-36(46)32-19-20-38-41(32)2/h4-6,9-10,13-16,19-20,30-31,35H,3,7-8,11-12,17-18,21-26H2,1-2H3,(H,39,45)(H,40,46)/t31-,35+/m1/s1. The van der Waals surface area contributed by atoms with Crippen LogP contribution >= 0.6 is 0 Å². The van der Waals surface area contributed by atoms with Crippen molar-refractivity contribution >= 4 is 23.5 Å². The number of aryl methyl sites for hydroxylation is 2. The number of nitrogens with one attached hydrogen (secondary N) is 2. The van der Waals surface area contributed by atoms with Gasteiger partial charge in [-0.2, -0.15) is 5.10 Å². The predicted octanol–water partition coefficient (Wildman–Crippen LogP) is 3.69. The summed E-state index contributed by atoms with van der Waals surface area (Å²) in [4.78, 5) is 56.6. The summed E-state index contributed by atoms with van der Waals surface area (Å²) in [6.07, 6.45) is 7.21. The van der Waals surface area contributed by atoms with Gasteiger partial charge in [-0.1, -0.05) is 74.4 Å². The van der Waals surface area contributed by atoms with E-state index >= 15 is 0 Å². The fraction of sp³-hybridized carbons (Fsp3) is 0.486. The quantitative estimate of drug-likeness (QED) is 0.278. The summed E-state index contributed by atoms with van der Waals surface area (Å²) in [5.74, 6) is -0.261. The Morgan fingerprint density at radius 1 is 0.851 bits per heavy atom. The molecule has 250 valence electrons. The molecule has 1 aliphatic carbocycles. The van der Waals surface area contributed by atoms with Crippen LogP contribution in [0.15, 0.2) is 66.9 Å². The number of Topliss-reactive ketones (excluding diaryl/α,β-unsaturated/α-hetero) is 1. The molecule has 2 N–H and O–H groups in total. The molecule has 47 heavy (non-hydrogen) atoms. The van der Waals surface area contributed by atoms with Crippen LogP contribution in [0.25, 0.3) is 0 Å². The van der Waals surface area contributed by atoms with E-state index in [0.717, 1.165) is 56.4 Å². The van der Waals surface area contributed by atoms with Gasteiger partial charge in [-0.3, -0.25) is 28.8 Å². The monoisotopic (exact) mass is 640 g/mol. The van der Waals surface area contributed by atoms with Crippen molar-refractivity contribution in [3.8, 4) is 0 Å². The predicted molar refractivity (Wildman–Crippen MR) is 180 cm³/mol. The first-order valence-electron chi connectivity index (χ1n) is 17.0. The summed E-state index contributed by atoms with van der Waals surface area (Å²) < 4.78 is 1.52. The van der Waals surface area contributed by atoms with E-state index in [4.69, 9.17) is 0 Å². The Kier molecular flexibility index (Phi) is 11.9. The Hall–Kier alpha value is -4.31. The van der Waals surface area contributed by atoms with Gasteiger partial charge in [-0.25, -0.2) is 0 Å². The number of amides is 3. The third-order valence-corrected chi connectivity index (χ3v) is 9.57. The van der Waals surface area contributed by atoms with Gasteiger partial charge in [0.1, 0.15) is 11.7 Å². The first-order chi connectivity index (χ1) is 22.8. The maximum atomic E-state index is 13.6. The zero-order valence-corrected chi connectivity index (χ0v) is 27.7. The van der Waals surface area contributed by atoms with Crippen LogP contribution in [-0.2, 0) is 40.8 Å². The number of piperazine rings is 1. The second-order valence-corrected chi connectivity index (χ2v) is 12.9. The molecule has 10 heteroatoms. The number of carbonyl (C=O) groups excluding carboxylic acids is 4. The zero-order chi connectivity index (χ0) is 33.2. The molecule has 3 aromatic rings. The first-order valence-corrected chi connectivity index (χ1v) is 17.0. The number of aromatic nitrogens is 2. The molecular weight excluding hydrogens is 592 g/mol. The van der Waals surface area contributed by atoms with Crippen LogP contribution in [0.1, 0.15) is 72.6 Å². The number of benzene rings is 2. The highest BCUT2D eigenvalue weighted by Crippen LogP contribution is 2.29. The van der Waals surface area contributed by atoms with E-state index < -0.39 is 12.1 Å². The largest absolute Gasteiger partial charge is 0.344 e. The van der Waals surface area contributed by atoms with E-state index in [2.05, 4.69) is 32.8 Å². The van der Waals surface area contributed by atoms with E-state index in [0.29, 0.717) is 44.5 Å². The SMILES string of the molecule is CCC(=O)N[C@H](Cc1ccc(CCC(=O)[C@@H](NC(=O)c2ccnn2C)C2CCCC2)cc1)C(=O)N1CCN(Cc2ccccc2)CC1. The van der Waals surface area contributed by atoms with Crippen molar-refractivity contribution in [2.45, 2.75) is 76.9 Å². The lowest BCUT2D eigenvalue weighted by Gasteiger charge is -2.36. The van der Waals surface area contributed by atoms with Crippen LogP contribution in [-0.4, -0.2) is 81.3 Å². The zero-order valence-electron chi connectivity index (χ0n) is 27.7. The Morgan fingerprint density at radius 2 is 1.53 bits per heavy atom. The molecule has 2 aromatic carbocycles. The van der Waals surface area contributed by atoms with Crippen LogP contribution in [0.2, 0.25) is 0 Å². The van der Waals surface area contributed by atoms with E-state index in [-0.39, 0.29) is 29.4 Å². The molecule has 1 aliphatic heterocycles. The third kappa shape index (κ3) is 9.38. The number of carbonyl (C=O) groups is 4. The average molecular weight is 641 g/mol. The molecule has 10 nitrogen and oxygen atoms in total. The van der Waals surface area contributed by atoms with Gasteiger partial charge in [0, 0.05) is 65.2 Å². The highest BCUT2D eigenvalue weighted by molar-refractivity contribution is 5.97. The number of rotatable bonds is 14. The number of nitrogens with zero attached hydrogens (tertiary/aromatic N) is 4. The Balaban J connectivity index is 1.15. The van der Waals surface area contributed by atoms with E-state index in [9.17, 15) is 19.2 Å². The lowest BCUT2D eigenvalue weighted by molar-refractivity contribution is -0.138. The van der Waals surface area contributed by atoms with Crippen LogP contribution in [0.4, 0.5) is 0 Å². The van der Waals surface area contributed by atoms with E-state index in [1.54, 1.807) is 26.2 Å². The fourth-order valence-corrected chi connectivity index (χ4v) is 6.75. The molecule has 0 unspecified atom stereocenters. The van der Waals surface area contributed by atoms with Crippen LogP contribution < -0.4 is 10.6 Å². The summed E-state index contributed by atoms with van der Waals surface area (Å²) in [6, 6.07) is 18.8. The molecule has 2 aliphatic rings. The maximum Gasteiger partial charge on any atom is 0.270 e. The summed E-state index contributed by atoms with van der Waals surface area (Å²) in [6.45, 7) is 5.48. The van der Waals surface area contributed by atoms with Gasteiger partial charge < -0.3 is 15.5 Å². The van der Waals surface area contributed by atoms with Crippen molar-refractivity contribution < 1.29 is 19.2 Å². The summed E-state index contributed by atoms with van der Waals surface area (Å²) in [5.41, 5.74) is 3.66. The lowest BCUT2D eigenvalue weighted by atomic mass is 9.91. The molecule has 2 heterocycles. The Labute approximate surface area is 277 Å². The van der Waals surface area contributed by atoms with Crippen molar-refractivity contribution in [2.75, 3.05) is 26.2 Å². The molecule has 5 rings (SSSR count). The molecule has 1 saturated heterocycles. The molecule has 0 radical (unpaired) electrons. The molecule has 1 saturated carbocycles. The molecule has 0 spiro atoms. The van der Waals surface area contributed by atoms with Crippen molar-refractivity contribution in [1.82, 2.24) is 30.2 Å². The van der Waals surface area contributed by atoms with Crippen LogP contribution in [0.5, 0.6) is 0 Å². The van der Waals surface area contributed by atoms with Gasteiger partial charge in [-0.05, 0) is 47.9 Å². The van der Waals surface area contributed by atoms with Gasteiger partial charge >= 0.3 is 0 Å². The smallest absolute Gasteiger partial charge is 0.270 e. The summed E-state index contributed by atoms with van der Waals surface area (Å²) in [7, 11) is 1.72. The Morgan fingerprint density at radius 3 is 2.17 bits per heavy atom. The summed E-state index contributed by atoms with van der Waals surface area (Å²) >= 11 is 0. The van der Waals surface area contributed by atoms with Gasteiger partial charge in [0.15, 0.2) is 5.78 Å². The van der Waals surface area contributed by atoms with Crippen molar-refractivity contribution in [3.05, 3.63) is 89.2 Å². The van der Waals surface area contributed by atoms with Gasteiger partial charge in [-0.15, -0.1) is 0 Å². The minimum atomic E-state index is -0.634. The lowest BCUT2D eigenvalue weighted by Crippen LogP contribution is -2.55. The van der Waals surface area contributed by atoms with E-state index in [1.807, 2.05) is 47.4 Å². The summed E-state index contributed by atoms with van der Waals surface area (Å²) in [5, 5.41) is 10.1. The van der Waals surface area contributed by atoms with Gasteiger partial charge in [0.05, 0.1) is 6.04 Å². The highest BCUT2D eigenvalue weighted by atomic mass is 16.2. The Bertz CT molecular complexity index is 1490. The van der Waals surface area contributed by atoms with E-state index in [1.165, 1.54) is 10.2 Å². The highest BCUT2D eigenvalue weighted by Gasteiger charge is 2.32. The average Bonchev–Trinajstić information content (AvgIpc) is 3.79. The second kappa shape index (κ2) is 16.5. The van der Waals surface area contributed by atoms with Crippen LogP contribution in [0.3, 0.4) is 0 Å². The number of hydrogen-bond donors (Lipinski definition) is 2. The maximum absolute atomic E-state index is 13.6. The van der Waals surface area contributed by atoms with Gasteiger partial charge in [0.25, 0.3) is 5.91 Å². The molecule has 2 fully saturated rings. The fourth-order valence-electron chi connectivity index (χ4n) is 6.75. The third-order valence-electron chi connectivity index (χ3n) is 9.57. The molecule has 0 bridgehead atoms. The number of hydrogen-bond acceptors (Lipinski definition) is 6. The normalized spacial score (nSPS) is 16.9. The minimum absolute atomic E-state index is 0.0491. The van der Waals surface area contributed by atoms with Crippen molar-refractivity contribution in [2.24, 2.45) is 13.0 Å². The molecular formula is C37H48N6O4. The van der Waals surface area contributed by atoms with Crippen molar-refractivity contribution in [3.63, 3.8) is 0 Å². The molecule has 1 aromatic heterocycles. The first kappa shape index (κ1) is 34.0. The second-order valence-electron chi connectivity index (χ2n) is 12.9.